The number of fused-ring (bicyclic) bond motifs is 1. The van der Waals surface area contributed by atoms with Crippen LogP contribution in [0.4, 0.5) is 11.4 Å². The van der Waals surface area contributed by atoms with Gasteiger partial charge in [0.2, 0.25) is 5.88 Å². The van der Waals surface area contributed by atoms with Crippen molar-refractivity contribution < 1.29 is 14.3 Å². The Balaban J connectivity index is 1.22. The fourth-order valence-corrected chi connectivity index (χ4v) is 5.61. The van der Waals surface area contributed by atoms with Crippen LogP contribution in [-0.4, -0.2) is 35.1 Å². The molecule has 5 aromatic rings. The highest BCUT2D eigenvalue weighted by molar-refractivity contribution is 5.86. The zero-order valence-electron chi connectivity index (χ0n) is 24.6. The number of aromatic nitrogens is 2. The van der Waals surface area contributed by atoms with Gasteiger partial charge in [-0.2, -0.15) is 0 Å². The molecule has 1 saturated heterocycles. The van der Waals surface area contributed by atoms with Crippen molar-refractivity contribution in [2.24, 2.45) is 0 Å². The number of benzene rings is 2. The van der Waals surface area contributed by atoms with Crippen LogP contribution in [0, 0.1) is 6.92 Å². The van der Waals surface area contributed by atoms with Crippen LogP contribution in [0.3, 0.4) is 0 Å². The van der Waals surface area contributed by atoms with Gasteiger partial charge in [-0.3, -0.25) is 14.6 Å². The molecule has 6 rings (SSSR count). The molecule has 224 valence electrons. The maximum absolute atomic E-state index is 13.4. The average Bonchev–Trinajstić information content (AvgIpc) is 3.33. The van der Waals surface area contributed by atoms with Gasteiger partial charge in [0, 0.05) is 37.6 Å². The minimum absolute atomic E-state index is 0.0991. The van der Waals surface area contributed by atoms with Gasteiger partial charge in [0.05, 0.1) is 5.39 Å². The molecule has 9 heteroatoms. The van der Waals surface area contributed by atoms with Crippen LogP contribution >= 0.6 is 0 Å². The summed E-state index contributed by atoms with van der Waals surface area (Å²) >= 11 is 0. The first-order chi connectivity index (χ1) is 21.5. The average molecular weight is 591 g/mol. The van der Waals surface area contributed by atoms with Crippen molar-refractivity contribution in [1.29, 1.82) is 0 Å². The third kappa shape index (κ3) is 6.46. The Morgan fingerprint density at radius 1 is 0.932 bits per heavy atom. The Morgan fingerprint density at radius 3 is 2.43 bits per heavy atom. The van der Waals surface area contributed by atoms with E-state index in [1.807, 2.05) is 78.6 Å². The van der Waals surface area contributed by atoms with Crippen LogP contribution in [-0.2, 0) is 22.6 Å². The van der Waals surface area contributed by atoms with Crippen molar-refractivity contribution >= 4 is 28.1 Å². The summed E-state index contributed by atoms with van der Waals surface area (Å²) in [5.41, 5.74) is 1.99. The lowest BCUT2D eigenvalue weighted by molar-refractivity contribution is -0.145. The van der Waals surface area contributed by atoms with Gasteiger partial charge in [0.1, 0.15) is 29.8 Å². The second kappa shape index (κ2) is 13.1. The van der Waals surface area contributed by atoms with E-state index in [-0.39, 0.29) is 18.7 Å². The van der Waals surface area contributed by atoms with E-state index in [1.54, 1.807) is 12.4 Å². The molecule has 1 unspecified atom stereocenters. The molecule has 0 spiro atoms. The molecule has 1 fully saturated rings. The lowest BCUT2D eigenvalue weighted by Crippen LogP contribution is -2.46. The molecule has 0 amide bonds. The highest BCUT2D eigenvalue weighted by Gasteiger charge is 2.31. The Bertz CT molecular complexity index is 1820. The van der Waals surface area contributed by atoms with E-state index in [0.717, 1.165) is 53.3 Å². The minimum atomic E-state index is -0.882. The highest BCUT2D eigenvalue weighted by Crippen LogP contribution is 2.29. The number of nitrogens with zero attached hydrogens (tertiary/aromatic N) is 3. The number of ether oxygens (including phenoxy) is 2. The van der Waals surface area contributed by atoms with Gasteiger partial charge < -0.3 is 19.7 Å². The van der Waals surface area contributed by atoms with Crippen molar-refractivity contribution in [2.45, 2.75) is 51.7 Å². The summed E-state index contributed by atoms with van der Waals surface area (Å²) in [6, 6.07) is 19.8. The third-order valence-electron chi connectivity index (χ3n) is 7.94. The first kappa shape index (κ1) is 29.0. The van der Waals surface area contributed by atoms with Crippen LogP contribution in [0.15, 0.2) is 88.7 Å². The number of carbonyl (C=O) groups is 1. The van der Waals surface area contributed by atoms with Crippen LogP contribution < -0.4 is 25.8 Å². The SMILES string of the molecule is Cc1cc2ccncc2c(Oc2ccc(CC(Nc3c(N4CCCCCC4)c(=O)c3=O)C(=O)OCc3ccccc3)cc2)n1. The highest BCUT2D eigenvalue weighted by atomic mass is 16.5. The number of hydrogen-bond acceptors (Lipinski definition) is 9. The van der Waals surface area contributed by atoms with E-state index >= 15 is 0 Å². The molecule has 0 saturated carbocycles. The fourth-order valence-electron chi connectivity index (χ4n) is 5.61. The molecule has 0 aliphatic carbocycles. The molecule has 9 nitrogen and oxygen atoms in total. The molecular formula is C35H34N4O5. The normalized spacial score (nSPS) is 14.2. The van der Waals surface area contributed by atoms with Crippen molar-refractivity contribution in [1.82, 2.24) is 9.97 Å². The largest absolute Gasteiger partial charge is 0.459 e. The van der Waals surface area contributed by atoms with Crippen LogP contribution in [0.1, 0.15) is 42.5 Å². The van der Waals surface area contributed by atoms with E-state index in [9.17, 15) is 14.4 Å². The summed E-state index contributed by atoms with van der Waals surface area (Å²) in [7, 11) is 0. The third-order valence-corrected chi connectivity index (χ3v) is 7.94. The van der Waals surface area contributed by atoms with Crippen LogP contribution in [0.2, 0.25) is 0 Å². The summed E-state index contributed by atoms with van der Waals surface area (Å²) < 4.78 is 11.8. The lowest BCUT2D eigenvalue weighted by atomic mass is 10.0. The number of rotatable bonds is 10. The minimum Gasteiger partial charge on any atom is -0.459 e. The van der Waals surface area contributed by atoms with E-state index in [4.69, 9.17) is 9.47 Å². The molecule has 1 aliphatic rings. The second-order valence-electron chi connectivity index (χ2n) is 11.2. The predicted octanol–water partition coefficient (Wildman–Crippen LogP) is 5.47. The number of aryl methyl sites for hydroxylation is 1. The molecule has 1 atom stereocenters. The molecule has 3 aromatic carbocycles. The van der Waals surface area contributed by atoms with E-state index < -0.39 is 22.9 Å². The predicted molar refractivity (Wildman–Crippen MR) is 170 cm³/mol. The zero-order chi connectivity index (χ0) is 30.5. The van der Waals surface area contributed by atoms with Gasteiger partial charge in [-0.25, -0.2) is 9.78 Å². The molecule has 0 bridgehead atoms. The Morgan fingerprint density at radius 2 is 1.68 bits per heavy atom. The lowest BCUT2D eigenvalue weighted by Gasteiger charge is -2.28. The fraction of sp³-hybridized carbons (Fsp3) is 0.286. The Kier molecular flexibility index (Phi) is 8.63. The van der Waals surface area contributed by atoms with Gasteiger partial charge in [-0.15, -0.1) is 0 Å². The number of nitrogens with one attached hydrogen (secondary N) is 1. The van der Waals surface area contributed by atoms with E-state index in [1.165, 1.54) is 0 Å². The van der Waals surface area contributed by atoms with Crippen LogP contribution in [0.25, 0.3) is 10.8 Å². The quantitative estimate of drug-likeness (QED) is 0.167. The molecule has 3 heterocycles. The standard InChI is InChI=1S/C35H34N4O5/c1-23-19-26-15-16-36-21-28(26)34(37-23)44-27-13-11-24(12-14-27)20-29(35(42)43-22-25-9-5-4-6-10-25)38-30-31(33(41)32(30)40)39-17-7-2-3-8-18-39/h4-6,9-16,19,21,29,38H,2-3,7-8,17-18,20,22H2,1H3. The number of pyridine rings is 2. The smallest absolute Gasteiger partial charge is 0.329 e. The van der Waals surface area contributed by atoms with Crippen molar-refractivity contribution in [2.75, 3.05) is 23.3 Å². The van der Waals surface area contributed by atoms with Gasteiger partial charge in [-0.05, 0) is 60.5 Å². The molecule has 0 radical (unpaired) electrons. The molecule has 2 aromatic heterocycles. The molecule has 44 heavy (non-hydrogen) atoms. The maximum atomic E-state index is 13.4. The molecule has 1 aliphatic heterocycles. The zero-order valence-corrected chi connectivity index (χ0v) is 24.6. The monoisotopic (exact) mass is 590 g/mol. The van der Waals surface area contributed by atoms with Gasteiger partial charge >= 0.3 is 5.97 Å². The topological polar surface area (TPSA) is 111 Å². The summed E-state index contributed by atoms with van der Waals surface area (Å²) in [6.07, 6.45) is 7.80. The first-order valence-corrected chi connectivity index (χ1v) is 15.0. The number of hydrogen-bond donors (Lipinski definition) is 1. The number of carbonyl (C=O) groups excluding carboxylic acids is 1. The maximum Gasteiger partial charge on any atom is 0.329 e. The molecular weight excluding hydrogens is 556 g/mol. The number of esters is 1. The van der Waals surface area contributed by atoms with Crippen molar-refractivity contribution in [3.8, 4) is 11.6 Å². The van der Waals surface area contributed by atoms with E-state index in [2.05, 4.69) is 15.3 Å². The number of anilines is 2. The van der Waals surface area contributed by atoms with Gasteiger partial charge in [-0.1, -0.05) is 55.3 Å². The second-order valence-corrected chi connectivity index (χ2v) is 11.2. The summed E-state index contributed by atoms with van der Waals surface area (Å²) in [5, 5.41) is 4.90. The Hall–Kier alpha value is -5.05. The van der Waals surface area contributed by atoms with Gasteiger partial charge in [0.15, 0.2) is 0 Å². The van der Waals surface area contributed by atoms with Gasteiger partial charge in [0.25, 0.3) is 10.9 Å². The first-order valence-electron chi connectivity index (χ1n) is 15.0. The summed E-state index contributed by atoms with van der Waals surface area (Å²) in [4.78, 5) is 49.6. The summed E-state index contributed by atoms with van der Waals surface area (Å²) in [6.45, 7) is 3.44. The Labute approximate surface area is 255 Å². The van der Waals surface area contributed by atoms with Crippen LogP contribution in [0.5, 0.6) is 11.6 Å². The molecule has 1 N–H and O–H groups in total. The van der Waals surface area contributed by atoms with E-state index in [0.29, 0.717) is 30.4 Å². The van der Waals surface area contributed by atoms with Crippen molar-refractivity contribution in [3.05, 3.63) is 116 Å². The summed E-state index contributed by atoms with van der Waals surface area (Å²) in [5.74, 6) is 0.539. The van der Waals surface area contributed by atoms with Crippen molar-refractivity contribution in [3.63, 3.8) is 0 Å².